The second-order valence-corrected chi connectivity index (χ2v) is 7.93. The summed E-state index contributed by atoms with van der Waals surface area (Å²) in [7, 11) is 0. The molecule has 2 aromatic carbocycles. The smallest absolute Gasteiger partial charge is 0.338 e. The average molecular weight is 419 g/mol. The number of aromatic nitrogens is 2. The SMILES string of the molecule is Cc1ccc(NC(=O)C(C)OC(=O)c2ccc3c(=O)n4c(nc3c2)CCCCC4)cc1. The number of hydrogen-bond acceptors (Lipinski definition) is 5. The van der Waals surface area contributed by atoms with E-state index in [4.69, 9.17) is 4.74 Å². The van der Waals surface area contributed by atoms with E-state index in [0.29, 0.717) is 23.1 Å². The highest BCUT2D eigenvalue weighted by Gasteiger charge is 2.20. The van der Waals surface area contributed by atoms with Crippen LogP contribution in [0.3, 0.4) is 0 Å². The molecule has 1 N–H and O–H groups in total. The van der Waals surface area contributed by atoms with Gasteiger partial charge in [-0.25, -0.2) is 9.78 Å². The predicted molar refractivity (Wildman–Crippen MR) is 118 cm³/mol. The second-order valence-electron chi connectivity index (χ2n) is 7.93. The Kier molecular flexibility index (Phi) is 5.84. The fourth-order valence-electron chi connectivity index (χ4n) is 3.71. The lowest BCUT2D eigenvalue weighted by atomic mass is 10.1. The van der Waals surface area contributed by atoms with Crippen LogP contribution in [0.15, 0.2) is 47.3 Å². The minimum Gasteiger partial charge on any atom is -0.449 e. The van der Waals surface area contributed by atoms with Crippen molar-refractivity contribution in [2.24, 2.45) is 0 Å². The van der Waals surface area contributed by atoms with Gasteiger partial charge in [0.2, 0.25) is 0 Å². The van der Waals surface area contributed by atoms with Crippen LogP contribution in [-0.4, -0.2) is 27.5 Å². The number of amides is 1. The molecule has 1 amide bonds. The van der Waals surface area contributed by atoms with E-state index >= 15 is 0 Å². The zero-order valence-electron chi connectivity index (χ0n) is 17.7. The minimum atomic E-state index is -0.977. The number of nitrogens with zero attached hydrogens (tertiary/aromatic N) is 2. The van der Waals surface area contributed by atoms with Gasteiger partial charge in [0.25, 0.3) is 11.5 Å². The summed E-state index contributed by atoms with van der Waals surface area (Å²) < 4.78 is 7.08. The number of benzene rings is 2. The first-order valence-corrected chi connectivity index (χ1v) is 10.5. The molecule has 0 bridgehead atoms. The third-order valence-corrected chi connectivity index (χ3v) is 5.52. The fraction of sp³-hybridized carbons (Fsp3) is 0.333. The van der Waals surface area contributed by atoms with E-state index in [1.165, 1.54) is 6.92 Å². The van der Waals surface area contributed by atoms with Gasteiger partial charge in [0.05, 0.1) is 16.5 Å². The molecule has 3 aromatic rings. The van der Waals surface area contributed by atoms with E-state index in [0.717, 1.165) is 37.1 Å². The molecule has 0 saturated carbocycles. The molecule has 0 radical (unpaired) electrons. The van der Waals surface area contributed by atoms with Crippen molar-refractivity contribution in [1.82, 2.24) is 9.55 Å². The maximum atomic E-state index is 12.8. The van der Waals surface area contributed by atoms with Gasteiger partial charge in [0, 0.05) is 18.7 Å². The Hall–Kier alpha value is -3.48. The van der Waals surface area contributed by atoms with Gasteiger partial charge in [-0.15, -0.1) is 0 Å². The lowest BCUT2D eigenvalue weighted by molar-refractivity contribution is -0.123. The number of anilines is 1. The summed E-state index contributed by atoms with van der Waals surface area (Å²) in [5, 5.41) is 3.21. The molecule has 1 aliphatic rings. The molecule has 1 aromatic heterocycles. The average Bonchev–Trinajstić information content (AvgIpc) is 3.00. The Morgan fingerprint density at radius 2 is 1.87 bits per heavy atom. The molecule has 7 heteroatoms. The molecule has 31 heavy (non-hydrogen) atoms. The number of aryl methyl sites for hydroxylation is 2. The van der Waals surface area contributed by atoms with Crippen LogP contribution in [0.25, 0.3) is 10.9 Å². The topological polar surface area (TPSA) is 90.3 Å². The van der Waals surface area contributed by atoms with Gasteiger partial charge < -0.3 is 10.1 Å². The zero-order chi connectivity index (χ0) is 22.0. The fourth-order valence-corrected chi connectivity index (χ4v) is 3.71. The third-order valence-electron chi connectivity index (χ3n) is 5.52. The molecular weight excluding hydrogens is 394 g/mol. The van der Waals surface area contributed by atoms with E-state index in [1.54, 1.807) is 34.9 Å². The number of ether oxygens (including phenoxy) is 1. The number of fused-ring (bicyclic) bond motifs is 2. The first kappa shape index (κ1) is 20.8. The summed E-state index contributed by atoms with van der Waals surface area (Å²) in [6, 6.07) is 12.1. The highest BCUT2D eigenvalue weighted by Crippen LogP contribution is 2.17. The molecule has 1 atom stereocenters. The Labute approximate surface area is 180 Å². The standard InChI is InChI=1S/C24H25N3O4/c1-15-7-10-18(11-8-15)25-22(28)16(2)31-24(30)17-9-12-19-20(14-17)26-21-6-4-3-5-13-27(21)23(19)29/h7-12,14,16H,3-6,13H2,1-2H3,(H,25,28). The first-order chi connectivity index (χ1) is 14.9. The highest BCUT2D eigenvalue weighted by atomic mass is 16.5. The molecule has 160 valence electrons. The Bertz CT molecular complexity index is 1200. The molecule has 0 aliphatic carbocycles. The Morgan fingerprint density at radius 1 is 1.10 bits per heavy atom. The molecule has 0 saturated heterocycles. The lowest BCUT2D eigenvalue weighted by Crippen LogP contribution is -2.30. The summed E-state index contributed by atoms with van der Waals surface area (Å²) in [5.41, 5.74) is 2.37. The van der Waals surface area contributed by atoms with E-state index in [9.17, 15) is 14.4 Å². The van der Waals surface area contributed by atoms with E-state index in [1.807, 2.05) is 19.1 Å². The normalized spacial score (nSPS) is 14.4. The van der Waals surface area contributed by atoms with E-state index in [2.05, 4.69) is 10.3 Å². The molecule has 0 fully saturated rings. The molecule has 0 spiro atoms. The summed E-state index contributed by atoms with van der Waals surface area (Å²) in [5.74, 6) is -0.295. The van der Waals surface area contributed by atoms with Crippen LogP contribution in [0.1, 0.15) is 47.9 Å². The quantitative estimate of drug-likeness (QED) is 0.653. The number of rotatable bonds is 4. The molecule has 7 nitrogen and oxygen atoms in total. The number of nitrogens with one attached hydrogen (secondary N) is 1. The van der Waals surface area contributed by atoms with Crippen LogP contribution in [0.5, 0.6) is 0 Å². The monoisotopic (exact) mass is 419 g/mol. The highest BCUT2D eigenvalue weighted by molar-refractivity contribution is 5.98. The van der Waals surface area contributed by atoms with Crippen LogP contribution in [0.4, 0.5) is 5.69 Å². The molecule has 4 rings (SSSR count). The maximum Gasteiger partial charge on any atom is 0.338 e. The number of esters is 1. The minimum absolute atomic E-state index is 0.0762. The Balaban J connectivity index is 1.51. The van der Waals surface area contributed by atoms with Gasteiger partial charge in [-0.3, -0.25) is 14.2 Å². The number of carbonyl (C=O) groups is 2. The van der Waals surface area contributed by atoms with Crippen molar-refractivity contribution in [2.45, 2.75) is 52.2 Å². The number of hydrogen-bond donors (Lipinski definition) is 1. The van der Waals surface area contributed by atoms with Crippen molar-refractivity contribution in [1.29, 1.82) is 0 Å². The summed E-state index contributed by atoms with van der Waals surface area (Å²) >= 11 is 0. The van der Waals surface area contributed by atoms with Gasteiger partial charge >= 0.3 is 5.97 Å². The van der Waals surface area contributed by atoms with Crippen molar-refractivity contribution in [3.8, 4) is 0 Å². The first-order valence-electron chi connectivity index (χ1n) is 10.5. The van der Waals surface area contributed by atoms with Crippen molar-refractivity contribution in [3.63, 3.8) is 0 Å². The van der Waals surface area contributed by atoms with Crippen LogP contribution in [0.2, 0.25) is 0 Å². The van der Waals surface area contributed by atoms with Crippen LogP contribution < -0.4 is 10.9 Å². The van der Waals surface area contributed by atoms with Gasteiger partial charge in [-0.2, -0.15) is 0 Å². The van der Waals surface area contributed by atoms with Gasteiger partial charge in [-0.05, 0) is 57.0 Å². The summed E-state index contributed by atoms with van der Waals surface area (Å²) in [4.78, 5) is 42.4. The van der Waals surface area contributed by atoms with E-state index in [-0.39, 0.29) is 11.1 Å². The van der Waals surface area contributed by atoms with Gasteiger partial charge in [0.1, 0.15) is 5.82 Å². The summed E-state index contributed by atoms with van der Waals surface area (Å²) in [6.45, 7) is 4.15. The van der Waals surface area contributed by atoms with Gasteiger partial charge in [-0.1, -0.05) is 24.1 Å². The number of carbonyl (C=O) groups excluding carboxylic acids is 2. The second kappa shape index (κ2) is 8.71. The molecule has 1 aliphatic heterocycles. The zero-order valence-corrected chi connectivity index (χ0v) is 17.7. The van der Waals surface area contributed by atoms with Crippen molar-refractivity contribution >= 4 is 28.5 Å². The van der Waals surface area contributed by atoms with Crippen LogP contribution >= 0.6 is 0 Å². The van der Waals surface area contributed by atoms with Crippen LogP contribution in [-0.2, 0) is 22.5 Å². The molecule has 1 unspecified atom stereocenters. The van der Waals surface area contributed by atoms with Gasteiger partial charge in [0.15, 0.2) is 6.10 Å². The largest absolute Gasteiger partial charge is 0.449 e. The van der Waals surface area contributed by atoms with Crippen molar-refractivity contribution in [3.05, 3.63) is 69.8 Å². The van der Waals surface area contributed by atoms with Crippen molar-refractivity contribution < 1.29 is 14.3 Å². The maximum absolute atomic E-state index is 12.8. The van der Waals surface area contributed by atoms with Crippen molar-refractivity contribution in [2.75, 3.05) is 5.32 Å². The molecule has 2 heterocycles. The summed E-state index contributed by atoms with van der Waals surface area (Å²) in [6.07, 6.45) is 2.80. The third kappa shape index (κ3) is 4.50. The predicted octanol–water partition coefficient (Wildman–Crippen LogP) is 3.62. The van der Waals surface area contributed by atoms with E-state index < -0.39 is 18.0 Å². The molecular formula is C24H25N3O4. The lowest BCUT2D eigenvalue weighted by Gasteiger charge is -2.14. The Morgan fingerprint density at radius 3 is 2.65 bits per heavy atom. The van der Waals surface area contributed by atoms with Crippen LogP contribution in [0, 0.1) is 6.92 Å².